The van der Waals surface area contributed by atoms with Crippen molar-refractivity contribution in [2.24, 2.45) is 0 Å². The standard InChI is InChI=1S/C27H42IN3O5/c28-23-19-24-21-30-11-13-34-15-17-36-18-16-35-14-12-31(22-25(20-23)29-24)27(33)10-8-6-4-2-1-3-5-7-9-26(30)32/h19-20H,1-18,21-22H2. The van der Waals surface area contributed by atoms with Gasteiger partial charge in [-0.1, -0.05) is 38.5 Å². The Hall–Kier alpha value is -1.30. The van der Waals surface area contributed by atoms with Crippen molar-refractivity contribution in [1.82, 2.24) is 14.8 Å². The molecule has 0 saturated heterocycles. The summed E-state index contributed by atoms with van der Waals surface area (Å²) in [5.74, 6) is 0.302. The van der Waals surface area contributed by atoms with Crippen LogP contribution in [0.2, 0.25) is 0 Å². The van der Waals surface area contributed by atoms with Crippen LogP contribution in [0.25, 0.3) is 0 Å². The minimum absolute atomic E-state index is 0.151. The molecule has 2 amide bonds. The predicted octanol–water partition coefficient (Wildman–Crippen LogP) is 4.32. The molecule has 0 saturated carbocycles. The summed E-state index contributed by atoms with van der Waals surface area (Å²) >= 11 is 2.29. The van der Waals surface area contributed by atoms with Gasteiger partial charge in [-0.05, 0) is 47.6 Å². The maximum Gasteiger partial charge on any atom is 0.222 e. The van der Waals surface area contributed by atoms with Gasteiger partial charge in [0.15, 0.2) is 0 Å². The number of hydrogen-bond donors (Lipinski definition) is 0. The largest absolute Gasteiger partial charge is 0.377 e. The Labute approximate surface area is 229 Å². The van der Waals surface area contributed by atoms with Crippen molar-refractivity contribution in [3.8, 4) is 0 Å². The second-order valence-electron chi connectivity index (χ2n) is 9.56. The third-order valence-electron chi connectivity index (χ3n) is 6.59. The fourth-order valence-corrected chi connectivity index (χ4v) is 5.29. The van der Waals surface area contributed by atoms with E-state index >= 15 is 0 Å². The van der Waals surface area contributed by atoms with Crippen molar-refractivity contribution in [2.45, 2.75) is 77.3 Å². The molecule has 0 N–H and O–H groups in total. The van der Waals surface area contributed by atoms with Crippen molar-refractivity contribution in [2.75, 3.05) is 52.7 Å². The highest BCUT2D eigenvalue weighted by Crippen LogP contribution is 2.17. The van der Waals surface area contributed by atoms with E-state index in [-0.39, 0.29) is 11.8 Å². The van der Waals surface area contributed by atoms with Crippen LogP contribution in [0.5, 0.6) is 0 Å². The average molecular weight is 616 g/mol. The van der Waals surface area contributed by atoms with Gasteiger partial charge in [0.2, 0.25) is 11.8 Å². The van der Waals surface area contributed by atoms with Crippen LogP contribution >= 0.6 is 22.6 Å². The molecule has 0 radical (unpaired) electrons. The molecule has 3 rings (SSSR count). The first kappa shape index (κ1) is 29.3. The number of aromatic nitrogens is 1. The maximum absolute atomic E-state index is 13.1. The first-order chi connectivity index (χ1) is 17.6. The van der Waals surface area contributed by atoms with E-state index < -0.39 is 0 Å². The number of hydrogen-bond acceptors (Lipinski definition) is 6. The quantitative estimate of drug-likeness (QED) is 0.405. The van der Waals surface area contributed by atoms with Crippen LogP contribution in [-0.2, 0) is 36.9 Å². The Kier molecular flexibility index (Phi) is 14.0. The van der Waals surface area contributed by atoms with Crippen molar-refractivity contribution < 1.29 is 23.8 Å². The lowest BCUT2D eigenvalue weighted by molar-refractivity contribution is -0.133. The number of pyridine rings is 1. The summed E-state index contributed by atoms with van der Waals surface area (Å²) in [6.45, 7) is 4.80. The van der Waals surface area contributed by atoms with Crippen LogP contribution in [0, 0.1) is 3.57 Å². The van der Waals surface area contributed by atoms with Gasteiger partial charge in [0.25, 0.3) is 0 Å². The number of halogens is 1. The SMILES string of the molecule is O=C1CCCCCCCCCCC(=O)N2CCOCCOCCOCCN1Cc1cc(I)cc(n1)C2. The number of carbonyl (C=O) groups is 2. The van der Waals surface area contributed by atoms with E-state index in [2.05, 4.69) is 22.6 Å². The third kappa shape index (κ3) is 11.4. The molecule has 1 aromatic rings. The van der Waals surface area contributed by atoms with Crippen molar-refractivity contribution in [3.63, 3.8) is 0 Å². The fourth-order valence-electron chi connectivity index (χ4n) is 4.57. The summed E-state index contributed by atoms with van der Waals surface area (Å²) in [7, 11) is 0. The molecule has 9 heteroatoms. The molecule has 0 fully saturated rings. The lowest BCUT2D eigenvalue weighted by atomic mass is 10.1. The monoisotopic (exact) mass is 615 g/mol. The van der Waals surface area contributed by atoms with Crippen molar-refractivity contribution in [1.29, 1.82) is 0 Å². The summed E-state index contributed by atoms with van der Waals surface area (Å²) in [5.41, 5.74) is 1.69. The van der Waals surface area contributed by atoms with E-state index in [1.165, 1.54) is 12.8 Å². The zero-order chi connectivity index (χ0) is 25.4. The zero-order valence-corrected chi connectivity index (χ0v) is 23.7. The molecule has 3 heterocycles. The first-order valence-corrected chi connectivity index (χ1v) is 14.6. The highest BCUT2D eigenvalue weighted by Gasteiger charge is 2.18. The van der Waals surface area contributed by atoms with E-state index in [0.717, 1.165) is 53.5 Å². The van der Waals surface area contributed by atoms with Crippen LogP contribution in [0.1, 0.15) is 75.6 Å². The molecule has 2 aliphatic heterocycles. The first-order valence-electron chi connectivity index (χ1n) is 13.6. The summed E-state index contributed by atoms with van der Waals surface area (Å²) in [6.07, 6.45) is 9.81. The van der Waals surface area contributed by atoms with Gasteiger partial charge >= 0.3 is 0 Å². The number of nitrogens with zero attached hydrogens (tertiary/aromatic N) is 3. The number of carbonyl (C=O) groups excluding carboxylic acids is 2. The smallest absolute Gasteiger partial charge is 0.222 e. The molecule has 0 spiro atoms. The zero-order valence-electron chi connectivity index (χ0n) is 21.6. The normalized spacial score (nSPS) is 21.7. The third-order valence-corrected chi connectivity index (χ3v) is 7.22. The minimum atomic E-state index is 0.151. The fraction of sp³-hybridized carbons (Fsp3) is 0.741. The highest BCUT2D eigenvalue weighted by molar-refractivity contribution is 14.1. The van der Waals surface area contributed by atoms with E-state index in [9.17, 15) is 9.59 Å². The predicted molar refractivity (Wildman–Crippen MR) is 146 cm³/mol. The van der Waals surface area contributed by atoms with Crippen LogP contribution < -0.4 is 0 Å². The van der Waals surface area contributed by atoms with Gasteiger partial charge in [0, 0.05) is 29.5 Å². The molecule has 0 atom stereocenters. The van der Waals surface area contributed by atoms with Crippen LogP contribution in [0.3, 0.4) is 0 Å². The Morgan fingerprint density at radius 3 is 1.44 bits per heavy atom. The molecule has 1 aromatic heterocycles. The van der Waals surface area contributed by atoms with E-state index in [0.29, 0.717) is 78.7 Å². The molecule has 0 aliphatic carbocycles. The molecule has 202 valence electrons. The van der Waals surface area contributed by atoms with Gasteiger partial charge in [-0.2, -0.15) is 0 Å². The van der Waals surface area contributed by atoms with Crippen molar-refractivity contribution >= 4 is 34.4 Å². The molecule has 0 aromatic carbocycles. The van der Waals surface area contributed by atoms with Gasteiger partial charge in [0.05, 0.1) is 64.1 Å². The number of amides is 2. The minimum Gasteiger partial charge on any atom is -0.377 e. The number of fused-ring (bicyclic) bond motifs is 2. The van der Waals surface area contributed by atoms with Crippen LogP contribution in [-0.4, -0.2) is 79.3 Å². The van der Waals surface area contributed by atoms with Gasteiger partial charge < -0.3 is 24.0 Å². The van der Waals surface area contributed by atoms with Crippen LogP contribution in [0.15, 0.2) is 12.1 Å². The van der Waals surface area contributed by atoms with Crippen molar-refractivity contribution in [3.05, 3.63) is 27.1 Å². The summed E-state index contributed by atoms with van der Waals surface area (Å²) < 4.78 is 18.1. The van der Waals surface area contributed by atoms with E-state index in [4.69, 9.17) is 19.2 Å². The highest BCUT2D eigenvalue weighted by atomic mass is 127. The van der Waals surface area contributed by atoms with Gasteiger partial charge in [-0.3, -0.25) is 14.6 Å². The molecule has 8 nitrogen and oxygen atoms in total. The number of ether oxygens (including phenoxy) is 3. The second-order valence-corrected chi connectivity index (χ2v) is 10.8. The Morgan fingerprint density at radius 1 is 0.611 bits per heavy atom. The van der Waals surface area contributed by atoms with E-state index in [1.807, 2.05) is 21.9 Å². The molecule has 2 aliphatic rings. The maximum atomic E-state index is 13.1. The van der Waals surface area contributed by atoms with Crippen LogP contribution in [0.4, 0.5) is 0 Å². The summed E-state index contributed by atoms with van der Waals surface area (Å²) in [5, 5.41) is 0. The second kappa shape index (κ2) is 17.3. The number of rotatable bonds is 0. The Bertz CT molecular complexity index is 749. The average Bonchev–Trinajstić information content (AvgIpc) is 2.85. The molecule has 4 bridgehead atoms. The molecular weight excluding hydrogens is 573 g/mol. The van der Waals surface area contributed by atoms with Gasteiger partial charge in [-0.25, -0.2) is 0 Å². The topological polar surface area (TPSA) is 81.2 Å². The van der Waals surface area contributed by atoms with Gasteiger partial charge in [0.1, 0.15) is 0 Å². The Morgan fingerprint density at radius 2 is 1.00 bits per heavy atom. The summed E-state index contributed by atoms with van der Waals surface area (Å²) in [6, 6.07) is 4.05. The lowest BCUT2D eigenvalue weighted by Gasteiger charge is -2.25. The molecule has 36 heavy (non-hydrogen) atoms. The Balaban J connectivity index is 1.82. The van der Waals surface area contributed by atoms with Gasteiger partial charge in [-0.15, -0.1) is 0 Å². The molecular formula is C27H42IN3O5. The van der Waals surface area contributed by atoms with E-state index in [1.54, 1.807) is 0 Å². The molecule has 0 unspecified atom stereocenters. The summed E-state index contributed by atoms with van der Waals surface area (Å²) in [4.78, 5) is 34.9. The lowest BCUT2D eigenvalue weighted by Crippen LogP contribution is -2.35.